The Morgan fingerprint density at radius 3 is 2.49 bits per heavy atom. The Morgan fingerprint density at radius 1 is 0.897 bits per heavy atom. The average Bonchev–Trinajstić information content (AvgIpc) is 3.36. The first-order chi connectivity index (χ1) is 19.0. The molecule has 0 bridgehead atoms. The van der Waals surface area contributed by atoms with Crippen LogP contribution in [-0.2, 0) is 35.5 Å². The van der Waals surface area contributed by atoms with Crippen LogP contribution in [0.15, 0.2) is 102 Å². The summed E-state index contributed by atoms with van der Waals surface area (Å²) >= 11 is 3.56. The number of amides is 1. The van der Waals surface area contributed by atoms with E-state index < -0.39 is 12.1 Å². The van der Waals surface area contributed by atoms with Crippen LogP contribution in [0.25, 0.3) is 0 Å². The summed E-state index contributed by atoms with van der Waals surface area (Å²) < 4.78 is 12.9. The highest BCUT2D eigenvalue weighted by Crippen LogP contribution is 2.39. The van der Waals surface area contributed by atoms with E-state index >= 15 is 0 Å². The number of fused-ring (bicyclic) bond motifs is 1. The summed E-state index contributed by atoms with van der Waals surface area (Å²) in [5, 5.41) is 9.17. The predicted octanol–water partition coefficient (Wildman–Crippen LogP) is 7.69. The fourth-order valence-corrected chi connectivity index (χ4v) is 5.35. The van der Waals surface area contributed by atoms with Crippen molar-refractivity contribution in [1.82, 2.24) is 4.90 Å². The zero-order chi connectivity index (χ0) is 27.2. The van der Waals surface area contributed by atoms with E-state index in [2.05, 4.69) is 28.1 Å². The van der Waals surface area contributed by atoms with Crippen LogP contribution < -0.4 is 4.74 Å². The Morgan fingerprint density at radius 2 is 1.67 bits per heavy atom. The minimum Gasteiger partial charge on any atom is -0.481 e. The third kappa shape index (κ3) is 6.67. The molecule has 0 heterocycles. The van der Waals surface area contributed by atoms with E-state index in [0.29, 0.717) is 17.1 Å². The SMILES string of the molecule is O=C(O)Cc1cccc(Oc2ccc(Br)cc2CN(C(=O)OCc2ccccc2)C2CCc3ccccc32)c1. The molecule has 0 aromatic heterocycles. The second kappa shape index (κ2) is 12.2. The maximum Gasteiger partial charge on any atom is 0.410 e. The van der Waals surface area contributed by atoms with Crippen molar-refractivity contribution in [2.75, 3.05) is 0 Å². The van der Waals surface area contributed by atoms with E-state index in [1.165, 1.54) is 5.56 Å². The number of rotatable bonds is 9. The molecule has 4 aromatic carbocycles. The highest BCUT2D eigenvalue weighted by atomic mass is 79.9. The molecule has 5 rings (SSSR count). The number of aliphatic carboxylic acids is 1. The number of halogens is 1. The summed E-state index contributed by atoms with van der Waals surface area (Å²) in [4.78, 5) is 26.6. The number of hydrogen-bond donors (Lipinski definition) is 1. The van der Waals surface area contributed by atoms with Crippen molar-refractivity contribution in [2.24, 2.45) is 0 Å². The molecule has 1 amide bonds. The van der Waals surface area contributed by atoms with Crippen molar-refractivity contribution in [3.8, 4) is 11.5 Å². The van der Waals surface area contributed by atoms with Gasteiger partial charge in [-0.25, -0.2) is 4.79 Å². The quantitative estimate of drug-likeness (QED) is 0.218. The number of aryl methyl sites for hydroxylation is 1. The average molecular weight is 586 g/mol. The maximum atomic E-state index is 13.6. The lowest BCUT2D eigenvalue weighted by atomic mass is 10.1. The number of carbonyl (C=O) groups excluding carboxylic acids is 1. The Labute approximate surface area is 235 Å². The number of ether oxygens (including phenoxy) is 2. The number of carboxylic acid groups (broad SMARTS) is 1. The standard InChI is InChI=1S/C32H28BrNO5/c33-26-14-16-30(39-27-11-6-9-23(17-27)18-31(35)36)25(19-26)20-34(29-15-13-24-10-4-5-12-28(24)29)32(37)38-21-22-7-2-1-3-8-22/h1-12,14,16-17,19,29H,13,15,18,20-21H2,(H,35,36). The van der Waals surface area contributed by atoms with Crippen LogP contribution in [0, 0.1) is 0 Å². The zero-order valence-corrected chi connectivity index (χ0v) is 22.8. The smallest absolute Gasteiger partial charge is 0.410 e. The van der Waals surface area contributed by atoms with Gasteiger partial charge in [-0.3, -0.25) is 9.69 Å². The highest BCUT2D eigenvalue weighted by Gasteiger charge is 2.32. The fraction of sp³-hybridized carbons (Fsp3) is 0.188. The predicted molar refractivity (Wildman–Crippen MR) is 152 cm³/mol. The van der Waals surface area contributed by atoms with Gasteiger partial charge in [0.25, 0.3) is 0 Å². The third-order valence-corrected chi connectivity index (χ3v) is 7.26. The molecule has 198 valence electrons. The van der Waals surface area contributed by atoms with Gasteiger partial charge in [-0.2, -0.15) is 0 Å². The molecule has 1 N–H and O–H groups in total. The summed E-state index contributed by atoms with van der Waals surface area (Å²) in [6.07, 6.45) is 1.21. The summed E-state index contributed by atoms with van der Waals surface area (Å²) in [6.45, 7) is 0.457. The van der Waals surface area contributed by atoms with Crippen LogP contribution in [0.2, 0.25) is 0 Å². The minimum absolute atomic E-state index is 0.0908. The number of hydrogen-bond acceptors (Lipinski definition) is 4. The maximum absolute atomic E-state index is 13.6. The van der Waals surface area contributed by atoms with Gasteiger partial charge >= 0.3 is 12.1 Å². The Hall–Kier alpha value is -4.10. The monoisotopic (exact) mass is 585 g/mol. The summed E-state index contributed by atoms with van der Waals surface area (Å²) in [5.41, 5.74) is 4.74. The van der Waals surface area contributed by atoms with Crippen LogP contribution in [-0.4, -0.2) is 22.1 Å². The number of carbonyl (C=O) groups is 2. The molecule has 1 aliphatic rings. The lowest BCUT2D eigenvalue weighted by Crippen LogP contribution is -2.34. The molecule has 0 spiro atoms. The first-order valence-corrected chi connectivity index (χ1v) is 13.6. The molecule has 1 unspecified atom stereocenters. The molecule has 4 aromatic rings. The van der Waals surface area contributed by atoms with Crippen LogP contribution >= 0.6 is 15.9 Å². The molecule has 0 saturated heterocycles. The topological polar surface area (TPSA) is 76.1 Å². The van der Waals surface area contributed by atoms with E-state index in [1.807, 2.05) is 60.7 Å². The van der Waals surface area contributed by atoms with Gasteiger partial charge < -0.3 is 14.6 Å². The van der Waals surface area contributed by atoms with Gasteiger partial charge in [0.2, 0.25) is 0 Å². The molecule has 0 fully saturated rings. The van der Waals surface area contributed by atoms with Crippen LogP contribution in [0.1, 0.15) is 40.3 Å². The molecular weight excluding hydrogens is 558 g/mol. The van der Waals surface area contributed by atoms with E-state index in [1.54, 1.807) is 29.2 Å². The van der Waals surface area contributed by atoms with Crippen molar-refractivity contribution >= 4 is 28.0 Å². The zero-order valence-electron chi connectivity index (χ0n) is 21.3. The minimum atomic E-state index is -0.905. The number of benzene rings is 4. The normalized spacial score (nSPS) is 13.9. The van der Waals surface area contributed by atoms with Crippen molar-refractivity contribution in [3.63, 3.8) is 0 Å². The van der Waals surface area contributed by atoms with Crippen molar-refractivity contribution in [1.29, 1.82) is 0 Å². The van der Waals surface area contributed by atoms with Crippen LogP contribution in [0.5, 0.6) is 11.5 Å². The van der Waals surface area contributed by atoms with Gasteiger partial charge in [-0.05, 0) is 65.4 Å². The molecule has 1 aliphatic carbocycles. The molecule has 0 aliphatic heterocycles. The van der Waals surface area contributed by atoms with E-state index in [4.69, 9.17) is 14.6 Å². The summed E-state index contributed by atoms with van der Waals surface area (Å²) in [5.74, 6) is 0.206. The van der Waals surface area contributed by atoms with Gasteiger partial charge in [0.1, 0.15) is 18.1 Å². The largest absolute Gasteiger partial charge is 0.481 e. The summed E-state index contributed by atoms with van der Waals surface area (Å²) in [7, 11) is 0. The van der Waals surface area contributed by atoms with Gasteiger partial charge in [0, 0.05) is 10.0 Å². The second-order valence-corrected chi connectivity index (χ2v) is 10.4. The fourth-order valence-electron chi connectivity index (χ4n) is 4.94. The molecular formula is C32H28BrNO5. The Balaban J connectivity index is 1.43. The van der Waals surface area contributed by atoms with E-state index in [-0.39, 0.29) is 25.6 Å². The molecule has 7 heteroatoms. The van der Waals surface area contributed by atoms with E-state index in [9.17, 15) is 9.59 Å². The molecule has 6 nitrogen and oxygen atoms in total. The van der Waals surface area contributed by atoms with Gasteiger partial charge in [0.15, 0.2) is 0 Å². The first kappa shape index (κ1) is 26.5. The molecule has 0 saturated carbocycles. The van der Waals surface area contributed by atoms with Gasteiger partial charge in [0.05, 0.1) is 19.0 Å². The number of carboxylic acids is 1. The Kier molecular flexibility index (Phi) is 8.27. The molecule has 1 atom stereocenters. The van der Waals surface area contributed by atoms with Crippen molar-refractivity contribution in [2.45, 2.75) is 38.5 Å². The van der Waals surface area contributed by atoms with Crippen LogP contribution in [0.3, 0.4) is 0 Å². The lowest BCUT2D eigenvalue weighted by Gasteiger charge is -2.30. The highest BCUT2D eigenvalue weighted by molar-refractivity contribution is 9.10. The lowest BCUT2D eigenvalue weighted by molar-refractivity contribution is -0.136. The second-order valence-electron chi connectivity index (χ2n) is 9.49. The van der Waals surface area contributed by atoms with Crippen molar-refractivity contribution < 1.29 is 24.2 Å². The number of nitrogens with zero attached hydrogens (tertiary/aromatic N) is 1. The third-order valence-electron chi connectivity index (χ3n) is 6.76. The van der Waals surface area contributed by atoms with Crippen LogP contribution in [0.4, 0.5) is 4.79 Å². The van der Waals surface area contributed by atoms with E-state index in [0.717, 1.165) is 34.0 Å². The van der Waals surface area contributed by atoms with Crippen molar-refractivity contribution in [3.05, 3.63) is 129 Å². The summed E-state index contributed by atoms with van der Waals surface area (Å²) in [6, 6.07) is 30.4. The first-order valence-electron chi connectivity index (χ1n) is 12.8. The molecule has 39 heavy (non-hydrogen) atoms. The molecule has 0 radical (unpaired) electrons. The van der Waals surface area contributed by atoms with Gasteiger partial charge in [-0.1, -0.05) is 82.7 Å². The van der Waals surface area contributed by atoms with Gasteiger partial charge in [-0.15, -0.1) is 0 Å². The Bertz CT molecular complexity index is 1470.